The normalized spacial score (nSPS) is 12.2. The fourth-order valence-electron chi connectivity index (χ4n) is 4.29. The third kappa shape index (κ3) is 3.23. The van der Waals surface area contributed by atoms with Crippen LogP contribution in [-0.2, 0) is 0 Å². The Hall–Kier alpha value is -4.46. The Morgan fingerprint density at radius 2 is 1.52 bits per heavy atom. The lowest BCUT2D eigenvalue weighted by atomic mass is 9.97. The standard InChI is InChI=1S/C25H21N3O5/c1-32-19-12-11-14(13-20(19)33-2)22(21-17-9-5-6-10-18(17)26-24(21)30)28-25(31)16-8-4-3-7-15(16)23(29)27-28/h3-13,22,26,30H,1-2H3,(H,27,29). The molecule has 0 radical (unpaired) electrons. The van der Waals surface area contributed by atoms with Crippen LogP contribution in [0.1, 0.15) is 17.2 Å². The third-order valence-corrected chi connectivity index (χ3v) is 5.82. The number of aromatic hydroxyl groups is 1. The Morgan fingerprint density at radius 1 is 0.848 bits per heavy atom. The van der Waals surface area contributed by atoms with E-state index in [1.165, 1.54) is 18.9 Å². The van der Waals surface area contributed by atoms with Crippen LogP contribution in [0.25, 0.3) is 21.7 Å². The van der Waals surface area contributed by atoms with Gasteiger partial charge in [-0.2, -0.15) is 0 Å². The SMILES string of the molecule is COc1ccc(C(c2c(O)[nH]c3ccccc23)n2[nH]c(=O)c3ccccc3c2=O)cc1OC. The van der Waals surface area contributed by atoms with E-state index < -0.39 is 17.2 Å². The number of hydrogen-bond acceptors (Lipinski definition) is 5. The van der Waals surface area contributed by atoms with Gasteiger partial charge in [-0.3, -0.25) is 14.7 Å². The van der Waals surface area contributed by atoms with Crippen molar-refractivity contribution in [3.8, 4) is 17.4 Å². The molecule has 3 N–H and O–H groups in total. The highest BCUT2D eigenvalue weighted by Crippen LogP contribution is 2.40. The van der Waals surface area contributed by atoms with Gasteiger partial charge in [-0.25, -0.2) is 4.68 Å². The highest BCUT2D eigenvalue weighted by Gasteiger charge is 2.27. The van der Waals surface area contributed by atoms with Crippen LogP contribution in [0.4, 0.5) is 0 Å². The number of nitrogens with zero attached hydrogens (tertiary/aromatic N) is 1. The molecule has 0 aliphatic carbocycles. The van der Waals surface area contributed by atoms with E-state index in [-0.39, 0.29) is 11.3 Å². The summed E-state index contributed by atoms with van der Waals surface area (Å²) >= 11 is 0. The van der Waals surface area contributed by atoms with E-state index in [1.807, 2.05) is 24.3 Å². The van der Waals surface area contributed by atoms with Crippen LogP contribution >= 0.6 is 0 Å². The quantitative estimate of drug-likeness (QED) is 0.385. The lowest BCUT2D eigenvalue weighted by Gasteiger charge is -2.22. The van der Waals surface area contributed by atoms with Crippen molar-refractivity contribution in [3.05, 3.63) is 98.6 Å². The first-order valence-electron chi connectivity index (χ1n) is 10.3. The van der Waals surface area contributed by atoms with Crippen molar-refractivity contribution in [1.29, 1.82) is 0 Å². The molecule has 33 heavy (non-hydrogen) atoms. The summed E-state index contributed by atoms with van der Waals surface area (Å²) in [6, 6.07) is 18.4. The molecule has 2 aromatic heterocycles. The molecule has 0 saturated heterocycles. The fourth-order valence-corrected chi connectivity index (χ4v) is 4.29. The first-order chi connectivity index (χ1) is 16.0. The van der Waals surface area contributed by atoms with E-state index in [2.05, 4.69) is 10.1 Å². The van der Waals surface area contributed by atoms with Crippen LogP contribution in [0.15, 0.2) is 76.3 Å². The molecule has 1 unspecified atom stereocenters. The number of H-pyrrole nitrogens is 2. The van der Waals surface area contributed by atoms with Gasteiger partial charge >= 0.3 is 0 Å². The van der Waals surface area contributed by atoms with Gasteiger partial charge in [0, 0.05) is 10.9 Å². The molecule has 0 aliphatic heterocycles. The molecule has 0 spiro atoms. The second-order valence-corrected chi connectivity index (χ2v) is 7.61. The predicted molar refractivity (Wildman–Crippen MR) is 126 cm³/mol. The number of aromatic nitrogens is 3. The summed E-state index contributed by atoms with van der Waals surface area (Å²) in [6.07, 6.45) is 0. The molecule has 5 aromatic rings. The molecule has 3 aromatic carbocycles. The number of methoxy groups -OCH3 is 2. The molecule has 1 atom stereocenters. The Balaban J connectivity index is 1.88. The van der Waals surface area contributed by atoms with E-state index in [0.29, 0.717) is 33.5 Å². The molecule has 0 saturated carbocycles. The van der Waals surface area contributed by atoms with Crippen molar-refractivity contribution >= 4 is 21.7 Å². The summed E-state index contributed by atoms with van der Waals surface area (Å²) in [5.74, 6) is 0.870. The first-order valence-corrected chi connectivity index (χ1v) is 10.3. The molecule has 8 heteroatoms. The first kappa shape index (κ1) is 20.4. The van der Waals surface area contributed by atoms with Crippen LogP contribution in [0.5, 0.6) is 17.4 Å². The lowest BCUT2D eigenvalue weighted by molar-refractivity contribution is 0.354. The van der Waals surface area contributed by atoms with Crippen molar-refractivity contribution in [1.82, 2.24) is 14.8 Å². The number of rotatable bonds is 5. The van der Waals surface area contributed by atoms with Gasteiger partial charge in [0.25, 0.3) is 11.1 Å². The number of nitrogens with one attached hydrogen (secondary N) is 2. The molecular weight excluding hydrogens is 422 g/mol. The summed E-state index contributed by atoms with van der Waals surface area (Å²) in [5.41, 5.74) is 0.961. The maximum Gasteiger partial charge on any atom is 0.274 e. The Morgan fingerprint density at radius 3 is 2.24 bits per heavy atom. The monoisotopic (exact) mass is 443 g/mol. The van der Waals surface area contributed by atoms with E-state index in [1.54, 1.807) is 42.5 Å². The van der Waals surface area contributed by atoms with Crippen LogP contribution < -0.4 is 20.6 Å². The van der Waals surface area contributed by atoms with Gasteiger partial charge in [0.05, 0.1) is 30.6 Å². The summed E-state index contributed by atoms with van der Waals surface area (Å²) in [6.45, 7) is 0. The third-order valence-electron chi connectivity index (χ3n) is 5.82. The highest BCUT2D eigenvalue weighted by molar-refractivity contribution is 5.87. The lowest BCUT2D eigenvalue weighted by Crippen LogP contribution is -2.34. The van der Waals surface area contributed by atoms with Crippen molar-refractivity contribution in [2.45, 2.75) is 6.04 Å². The smallest absolute Gasteiger partial charge is 0.274 e. The van der Waals surface area contributed by atoms with Gasteiger partial charge in [0.1, 0.15) is 6.04 Å². The van der Waals surface area contributed by atoms with Gasteiger partial charge in [-0.05, 0) is 35.9 Å². The zero-order chi connectivity index (χ0) is 23.1. The minimum absolute atomic E-state index is 0.100. The molecule has 0 aliphatic rings. The molecule has 5 rings (SSSR count). The van der Waals surface area contributed by atoms with E-state index in [0.717, 1.165) is 5.39 Å². The molecule has 0 bridgehead atoms. The largest absolute Gasteiger partial charge is 0.494 e. The number of fused-ring (bicyclic) bond motifs is 2. The van der Waals surface area contributed by atoms with Crippen molar-refractivity contribution in [2.24, 2.45) is 0 Å². The van der Waals surface area contributed by atoms with Crippen molar-refractivity contribution in [3.63, 3.8) is 0 Å². The minimum Gasteiger partial charge on any atom is -0.494 e. The molecule has 166 valence electrons. The number of para-hydroxylation sites is 1. The Kier molecular flexibility index (Phi) is 4.90. The second-order valence-electron chi connectivity index (χ2n) is 7.61. The van der Waals surface area contributed by atoms with E-state index >= 15 is 0 Å². The Labute approximate surface area is 187 Å². The summed E-state index contributed by atoms with van der Waals surface area (Å²) in [7, 11) is 3.05. The number of hydrogen-bond donors (Lipinski definition) is 3. The number of benzene rings is 3. The van der Waals surface area contributed by atoms with Crippen LogP contribution in [-0.4, -0.2) is 34.1 Å². The Bertz CT molecular complexity index is 1610. The molecule has 0 fully saturated rings. The minimum atomic E-state index is -0.856. The van der Waals surface area contributed by atoms with Crippen LogP contribution in [0, 0.1) is 0 Å². The maximum atomic E-state index is 13.6. The second kappa shape index (κ2) is 7.90. The molecule has 8 nitrogen and oxygen atoms in total. The van der Waals surface area contributed by atoms with Crippen LogP contribution in [0.3, 0.4) is 0 Å². The highest BCUT2D eigenvalue weighted by atomic mass is 16.5. The van der Waals surface area contributed by atoms with Gasteiger partial charge in [0.15, 0.2) is 17.4 Å². The summed E-state index contributed by atoms with van der Waals surface area (Å²) in [4.78, 5) is 29.4. The van der Waals surface area contributed by atoms with E-state index in [9.17, 15) is 14.7 Å². The van der Waals surface area contributed by atoms with Gasteiger partial charge in [0.2, 0.25) is 0 Å². The number of ether oxygens (including phenoxy) is 2. The zero-order valence-electron chi connectivity index (χ0n) is 18.0. The van der Waals surface area contributed by atoms with Gasteiger partial charge < -0.3 is 19.6 Å². The predicted octanol–water partition coefficient (Wildman–Crippen LogP) is 3.53. The zero-order valence-corrected chi connectivity index (χ0v) is 18.0. The summed E-state index contributed by atoms with van der Waals surface area (Å²) < 4.78 is 12.1. The summed E-state index contributed by atoms with van der Waals surface area (Å²) in [5, 5.41) is 14.9. The van der Waals surface area contributed by atoms with Crippen LogP contribution in [0.2, 0.25) is 0 Å². The van der Waals surface area contributed by atoms with Gasteiger partial charge in [-0.1, -0.05) is 36.4 Å². The average Bonchev–Trinajstić information content (AvgIpc) is 3.17. The van der Waals surface area contributed by atoms with Crippen molar-refractivity contribution < 1.29 is 14.6 Å². The number of aromatic amines is 2. The molecule has 0 amide bonds. The van der Waals surface area contributed by atoms with E-state index in [4.69, 9.17) is 9.47 Å². The maximum absolute atomic E-state index is 13.6. The topological polar surface area (TPSA) is 109 Å². The van der Waals surface area contributed by atoms with Crippen molar-refractivity contribution in [2.75, 3.05) is 14.2 Å². The molecule has 2 heterocycles. The molecular formula is C25H21N3O5. The van der Waals surface area contributed by atoms with Gasteiger partial charge in [-0.15, -0.1) is 0 Å². The fraction of sp³-hybridized carbons (Fsp3) is 0.120. The average molecular weight is 443 g/mol.